The van der Waals surface area contributed by atoms with Gasteiger partial charge in [0.15, 0.2) is 0 Å². The Kier molecular flexibility index (Phi) is 4.71. The van der Waals surface area contributed by atoms with Crippen LogP contribution in [0.25, 0.3) is 0 Å². The first-order valence-electron chi connectivity index (χ1n) is 7.64. The molecular formula is C18H18ClN3O2. The highest BCUT2D eigenvalue weighted by Crippen LogP contribution is 2.20. The van der Waals surface area contributed by atoms with Crippen molar-refractivity contribution in [3.63, 3.8) is 0 Å². The van der Waals surface area contributed by atoms with E-state index in [9.17, 15) is 4.79 Å². The molecule has 0 aliphatic carbocycles. The molecule has 1 N–H and O–H groups in total. The SMILES string of the molecule is Cc1cc(C)n(C(CNC(=O)c2cccc(Cl)c2)c2ccco2)n1. The van der Waals surface area contributed by atoms with Gasteiger partial charge in [0.2, 0.25) is 0 Å². The highest BCUT2D eigenvalue weighted by molar-refractivity contribution is 6.30. The average Bonchev–Trinajstić information content (AvgIpc) is 3.18. The standard InChI is InChI=1S/C18H18ClN3O2/c1-12-9-13(2)22(21-12)16(17-7-4-8-24-17)11-20-18(23)14-5-3-6-15(19)10-14/h3-10,16H,11H2,1-2H3,(H,20,23). The van der Waals surface area contributed by atoms with Gasteiger partial charge in [0, 0.05) is 22.8 Å². The first-order chi connectivity index (χ1) is 11.5. The van der Waals surface area contributed by atoms with Crippen molar-refractivity contribution in [1.82, 2.24) is 15.1 Å². The van der Waals surface area contributed by atoms with E-state index in [4.69, 9.17) is 16.0 Å². The molecule has 3 rings (SSSR count). The van der Waals surface area contributed by atoms with Gasteiger partial charge in [0.05, 0.1) is 12.0 Å². The van der Waals surface area contributed by atoms with E-state index in [-0.39, 0.29) is 11.9 Å². The van der Waals surface area contributed by atoms with Crippen LogP contribution in [0.3, 0.4) is 0 Å². The summed E-state index contributed by atoms with van der Waals surface area (Å²) in [6.07, 6.45) is 1.62. The van der Waals surface area contributed by atoms with Crippen LogP contribution < -0.4 is 5.32 Å². The highest BCUT2D eigenvalue weighted by atomic mass is 35.5. The van der Waals surface area contributed by atoms with Gasteiger partial charge < -0.3 is 9.73 Å². The van der Waals surface area contributed by atoms with Gasteiger partial charge in [-0.2, -0.15) is 5.10 Å². The molecule has 0 aliphatic heterocycles. The molecule has 24 heavy (non-hydrogen) atoms. The topological polar surface area (TPSA) is 60.1 Å². The van der Waals surface area contributed by atoms with E-state index in [1.807, 2.05) is 36.7 Å². The quantitative estimate of drug-likeness (QED) is 0.767. The smallest absolute Gasteiger partial charge is 0.251 e. The van der Waals surface area contributed by atoms with E-state index in [0.29, 0.717) is 17.1 Å². The lowest BCUT2D eigenvalue weighted by Gasteiger charge is -2.18. The summed E-state index contributed by atoms with van der Waals surface area (Å²) < 4.78 is 7.41. The lowest BCUT2D eigenvalue weighted by atomic mass is 10.2. The second kappa shape index (κ2) is 6.93. The Bertz CT molecular complexity index is 840. The van der Waals surface area contributed by atoms with Crippen LogP contribution >= 0.6 is 11.6 Å². The van der Waals surface area contributed by atoms with Crippen LogP contribution in [0.1, 0.15) is 33.5 Å². The number of carbonyl (C=O) groups excluding carboxylic acids is 1. The fourth-order valence-corrected chi connectivity index (χ4v) is 2.86. The number of nitrogens with zero attached hydrogens (tertiary/aromatic N) is 2. The van der Waals surface area contributed by atoms with E-state index in [0.717, 1.165) is 17.1 Å². The Morgan fingerprint density at radius 1 is 1.29 bits per heavy atom. The third kappa shape index (κ3) is 3.51. The minimum atomic E-state index is -0.211. The predicted molar refractivity (Wildman–Crippen MR) is 92.3 cm³/mol. The number of furan rings is 1. The fourth-order valence-electron chi connectivity index (χ4n) is 2.67. The molecule has 0 saturated carbocycles. The van der Waals surface area contributed by atoms with Gasteiger partial charge in [-0.1, -0.05) is 17.7 Å². The second-order valence-electron chi connectivity index (χ2n) is 5.62. The normalized spacial score (nSPS) is 12.1. The van der Waals surface area contributed by atoms with Crippen LogP contribution in [0, 0.1) is 13.8 Å². The lowest BCUT2D eigenvalue weighted by molar-refractivity contribution is 0.0948. The van der Waals surface area contributed by atoms with Crippen LogP contribution in [0.4, 0.5) is 0 Å². The van der Waals surface area contributed by atoms with Crippen molar-refractivity contribution in [3.8, 4) is 0 Å². The third-order valence-electron chi connectivity index (χ3n) is 3.75. The van der Waals surface area contributed by atoms with Gasteiger partial charge in [-0.15, -0.1) is 0 Å². The zero-order valence-corrected chi connectivity index (χ0v) is 14.2. The summed E-state index contributed by atoms with van der Waals surface area (Å²) in [5.41, 5.74) is 2.45. The van der Waals surface area contributed by atoms with Gasteiger partial charge in [-0.05, 0) is 50.2 Å². The fraction of sp³-hybridized carbons (Fsp3) is 0.222. The number of aromatic nitrogens is 2. The summed E-state index contributed by atoms with van der Waals surface area (Å²) in [7, 11) is 0. The molecule has 3 aromatic rings. The molecule has 0 saturated heterocycles. The minimum Gasteiger partial charge on any atom is -0.467 e. The van der Waals surface area contributed by atoms with Crippen LogP contribution in [-0.2, 0) is 0 Å². The number of aryl methyl sites for hydroxylation is 2. The zero-order chi connectivity index (χ0) is 17.1. The van der Waals surface area contributed by atoms with Crippen LogP contribution in [0.5, 0.6) is 0 Å². The van der Waals surface area contributed by atoms with Crippen molar-refractivity contribution in [3.05, 3.63) is 76.5 Å². The van der Waals surface area contributed by atoms with Crippen molar-refractivity contribution >= 4 is 17.5 Å². The molecule has 2 aromatic heterocycles. The first-order valence-corrected chi connectivity index (χ1v) is 8.02. The second-order valence-corrected chi connectivity index (χ2v) is 6.06. The van der Waals surface area contributed by atoms with E-state index >= 15 is 0 Å². The maximum atomic E-state index is 12.4. The summed E-state index contributed by atoms with van der Waals surface area (Å²) in [5.74, 6) is 0.559. The van der Waals surface area contributed by atoms with Crippen molar-refractivity contribution in [2.24, 2.45) is 0 Å². The summed E-state index contributed by atoms with van der Waals surface area (Å²) in [6, 6.07) is 12.3. The van der Waals surface area contributed by atoms with Crippen molar-refractivity contribution < 1.29 is 9.21 Å². The van der Waals surface area contributed by atoms with Crippen molar-refractivity contribution in [2.45, 2.75) is 19.9 Å². The molecule has 5 nitrogen and oxygen atoms in total. The van der Waals surface area contributed by atoms with Crippen molar-refractivity contribution in [2.75, 3.05) is 6.54 Å². The molecule has 1 unspecified atom stereocenters. The number of hydrogen-bond donors (Lipinski definition) is 1. The van der Waals surface area contributed by atoms with Gasteiger partial charge >= 0.3 is 0 Å². The van der Waals surface area contributed by atoms with Gasteiger partial charge in [0.1, 0.15) is 11.8 Å². The molecule has 1 aromatic carbocycles. The van der Waals surface area contributed by atoms with E-state index in [1.165, 1.54) is 0 Å². The predicted octanol–water partition coefficient (Wildman–Crippen LogP) is 3.77. The van der Waals surface area contributed by atoms with Crippen LogP contribution in [0.15, 0.2) is 53.1 Å². The number of nitrogens with one attached hydrogen (secondary N) is 1. The van der Waals surface area contributed by atoms with Crippen LogP contribution in [-0.4, -0.2) is 22.2 Å². The molecule has 0 aliphatic rings. The Balaban J connectivity index is 1.80. The summed E-state index contributed by atoms with van der Waals surface area (Å²) in [6.45, 7) is 4.28. The molecule has 1 amide bonds. The number of carbonyl (C=O) groups is 1. The minimum absolute atomic E-state index is 0.185. The van der Waals surface area contributed by atoms with E-state index in [1.54, 1.807) is 30.5 Å². The Labute approximate surface area is 145 Å². The summed E-state index contributed by atoms with van der Waals surface area (Å²) in [4.78, 5) is 12.4. The molecule has 0 spiro atoms. The molecule has 0 fully saturated rings. The molecular weight excluding hydrogens is 326 g/mol. The first kappa shape index (κ1) is 16.3. The zero-order valence-electron chi connectivity index (χ0n) is 13.5. The van der Waals surface area contributed by atoms with E-state index < -0.39 is 0 Å². The summed E-state index contributed by atoms with van der Waals surface area (Å²) >= 11 is 5.94. The molecule has 0 bridgehead atoms. The molecule has 6 heteroatoms. The number of hydrogen-bond acceptors (Lipinski definition) is 3. The average molecular weight is 344 g/mol. The monoisotopic (exact) mass is 343 g/mol. The molecule has 0 radical (unpaired) electrons. The van der Waals surface area contributed by atoms with E-state index in [2.05, 4.69) is 10.4 Å². The lowest BCUT2D eigenvalue weighted by Crippen LogP contribution is -2.32. The van der Waals surface area contributed by atoms with Gasteiger partial charge in [-0.3, -0.25) is 9.48 Å². The maximum absolute atomic E-state index is 12.4. The molecule has 1 atom stereocenters. The molecule has 124 valence electrons. The van der Waals surface area contributed by atoms with Gasteiger partial charge in [-0.25, -0.2) is 0 Å². The maximum Gasteiger partial charge on any atom is 0.251 e. The van der Waals surface area contributed by atoms with Crippen LogP contribution in [0.2, 0.25) is 5.02 Å². The summed E-state index contributed by atoms with van der Waals surface area (Å²) in [5, 5.41) is 7.98. The number of amides is 1. The van der Waals surface area contributed by atoms with Crippen molar-refractivity contribution in [1.29, 1.82) is 0 Å². The number of rotatable bonds is 5. The number of benzene rings is 1. The Hall–Kier alpha value is -2.53. The van der Waals surface area contributed by atoms with Gasteiger partial charge in [0.25, 0.3) is 5.91 Å². The largest absolute Gasteiger partial charge is 0.467 e. The Morgan fingerprint density at radius 3 is 2.75 bits per heavy atom. The number of halogens is 1. The third-order valence-corrected chi connectivity index (χ3v) is 3.99. The molecule has 2 heterocycles. The Morgan fingerprint density at radius 2 is 2.12 bits per heavy atom. The highest BCUT2D eigenvalue weighted by Gasteiger charge is 2.21.